The van der Waals surface area contributed by atoms with Gasteiger partial charge in [-0.15, -0.1) is 0 Å². The number of halogens is 3. The molecule has 0 aromatic carbocycles. The van der Waals surface area contributed by atoms with Gasteiger partial charge in [0.05, 0.1) is 11.8 Å². The second-order valence-electron chi connectivity index (χ2n) is 7.85. The molecule has 2 aromatic rings. The summed E-state index contributed by atoms with van der Waals surface area (Å²) >= 11 is 0. The Morgan fingerprint density at radius 2 is 1.73 bits per heavy atom. The first-order valence-electron chi connectivity index (χ1n) is 10.2. The fourth-order valence-electron chi connectivity index (χ4n) is 4.00. The highest BCUT2D eigenvalue weighted by molar-refractivity contribution is 5.94. The number of nitrogens with one attached hydrogen (secondary N) is 1. The van der Waals surface area contributed by atoms with Gasteiger partial charge in [-0.2, -0.15) is 13.2 Å². The Morgan fingerprint density at radius 1 is 1.06 bits per heavy atom. The smallest absolute Gasteiger partial charge is 0.475 e. The maximum atomic E-state index is 12.6. The average molecular weight is 465 g/mol. The van der Waals surface area contributed by atoms with Crippen molar-refractivity contribution >= 4 is 17.8 Å². The standard InChI is InChI=1S/C19H21N5O2.C2HF3O2/c25-17(15-13-21-8-9-22-15)23-16-3-4-19(16)5-10-24(11-6-19)18(26)14-2-1-7-20-12-14;3-2(4,5)1(6)7/h1-2,7-9,12-13,16H,3-6,10-11H2,(H,23,25);(H,6,7). The minimum absolute atomic E-state index is 0.0346. The fraction of sp³-hybridized carbons (Fsp3) is 0.429. The van der Waals surface area contributed by atoms with E-state index < -0.39 is 12.1 Å². The fourth-order valence-corrected chi connectivity index (χ4v) is 4.00. The topological polar surface area (TPSA) is 125 Å². The molecule has 1 aliphatic heterocycles. The van der Waals surface area contributed by atoms with Crippen molar-refractivity contribution in [3.63, 3.8) is 0 Å². The van der Waals surface area contributed by atoms with Crippen molar-refractivity contribution in [2.45, 2.75) is 37.9 Å². The summed E-state index contributed by atoms with van der Waals surface area (Å²) in [6, 6.07) is 3.72. The number of hydrogen-bond donors (Lipinski definition) is 2. The molecule has 2 aliphatic rings. The number of rotatable bonds is 3. The molecule has 0 bridgehead atoms. The van der Waals surface area contributed by atoms with Crippen molar-refractivity contribution in [2.24, 2.45) is 5.41 Å². The van der Waals surface area contributed by atoms with Crippen molar-refractivity contribution in [1.82, 2.24) is 25.2 Å². The predicted molar refractivity (Wildman–Crippen MR) is 108 cm³/mol. The third-order valence-electron chi connectivity index (χ3n) is 5.97. The van der Waals surface area contributed by atoms with Crippen LogP contribution in [0.2, 0.25) is 0 Å². The summed E-state index contributed by atoms with van der Waals surface area (Å²) in [6.07, 6.45) is 6.63. The number of piperidine rings is 1. The molecule has 12 heteroatoms. The van der Waals surface area contributed by atoms with Gasteiger partial charge in [0, 0.05) is 43.9 Å². The molecule has 0 radical (unpaired) electrons. The number of nitrogens with zero attached hydrogens (tertiary/aromatic N) is 4. The normalized spacial score (nSPS) is 19.0. The third kappa shape index (κ3) is 5.82. The Balaban J connectivity index is 0.000000383. The van der Waals surface area contributed by atoms with E-state index in [4.69, 9.17) is 9.90 Å². The first kappa shape index (κ1) is 24.1. The Hall–Kier alpha value is -3.57. The lowest BCUT2D eigenvalue weighted by atomic mass is 9.59. The number of pyridine rings is 1. The molecule has 176 valence electrons. The van der Waals surface area contributed by atoms with Gasteiger partial charge in [0.15, 0.2) is 0 Å². The molecule has 1 saturated carbocycles. The van der Waals surface area contributed by atoms with Gasteiger partial charge in [-0.1, -0.05) is 0 Å². The summed E-state index contributed by atoms with van der Waals surface area (Å²) in [5, 5.41) is 10.2. The van der Waals surface area contributed by atoms with Crippen LogP contribution < -0.4 is 5.32 Å². The van der Waals surface area contributed by atoms with E-state index >= 15 is 0 Å². The number of hydrogen-bond acceptors (Lipinski definition) is 6. The molecule has 3 heterocycles. The summed E-state index contributed by atoms with van der Waals surface area (Å²) < 4.78 is 31.7. The number of carboxylic acids is 1. The molecule has 1 saturated heterocycles. The lowest BCUT2D eigenvalue weighted by molar-refractivity contribution is -0.192. The van der Waals surface area contributed by atoms with Gasteiger partial charge in [-0.05, 0) is 43.2 Å². The molecule has 1 spiro atoms. The molecule has 33 heavy (non-hydrogen) atoms. The Kier molecular flexibility index (Phi) is 7.24. The number of aliphatic carboxylic acids is 1. The summed E-state index contributed by atoms with van der Waals surface area (Å²) in [6.45, 7) is 1.43. The summed E-state index contributed by atoms with van der Waals surface area (Å²) in [5.41, 5.74) is 1.08. The van der Waals surface area contributed by atoms with E-state index in [-0.39, 0.29) is 23.3 Å². The van der Waals surface area contributed by atoms with E-state index in [0.717, 1.165) is 25.7 Å². The molecule has 2 amide bonds. The van der Waals surface area contributed by atoms with Crippen LogP contribution in [0.3, 0.4) is 0 Å². The van der Waals surface area contributed by atoms with E-state index in [1.165, 1.54) is 12.4 Å². The molecule has 1 atom stereocenters. The van der Waals surface area contributed by atoms with Crippen LogP contribution >= 0.6 is 0 Å². The Morgan fingerprint density at radius 3 is 2.21 bits per heavy atom. The zero-order valence-corrected chi connectivity index (χ0v) is 17.5. The van der Waals surface area contributed by atoms with E-state index in [2.05, 4.69) is 20.3 Å². The van der Waals surface area contributed by atoms with E-state index in [0.29, 0.717) is 24.3 Å². The van der Waals surface area contributed by atoms with Crippen LogP contribution in [-0.2, 0) is 4.79 Å². The van der Waals surface area contributed by atoms with Gasteiger partial charge < -0.3 is 15.3 Å². The number of carbonyl (C=O) groups is 3. The third-order valence-corrected chi connectivity index (χ3v) is 5.97. The largest absolute Gasteiger partial charge is 0.490 e. The van der Waals surface area contributed by atoms with Crippen LogP contribution in [0.15, 0.2) is 43.1 Å². The maximum absolute atomic E-state index is 12.6. The Labute approximate surface area is 187 Å². The van der Waals surface area contributed by atoms with Crippen molar-refractivity contribution in [3.8, 4) is 0 Å². The number of likely N-dealkylation sites (tertiary alicyclic amines) is 1. The highest BCUT2D eigenvalue weighted by Gasteiger charge is 2.49. The van der Waals surface area contributed by atoms with Crippen LogP contribution in [0.1, 0.15) is 46.5 Å². The van der Waals surface area contributed by atoms with Gasteiger partial charge in [-0.3, -0.25) is 19.6 Å². The SMILES string of the molecule is O=C(NC1CCC12CCN(C(=O)c1cccnc1)CC2)c1cnccn1.O=C(O)C(F)(F)F. The number of carboxylic acid groups (broad SMARTS) is 1. The minimum atomic E-state index is -5.08. The monoisotopic (exact) mass is 465 g/mol. The van der Waals surface area contributed by atoms with Crippen LogP contribution in [0.4, 0.5) is 13.2 Å². The van der Waals surface area contributed by atoms with E-state index in [9.17, 15) is 22.8 Å². The van der Waals surface area contributed by atoms with E-state index in [1.807, 2.05) is 4.90 Å². The van der Waals surface area contributed by atoms with Gasteiger partial charge in [0.2, 0.25) is 0 Å². The van der Waals surface area contributed by atoms with Gasteiger partial charge in [0.1, 0.15) is 5.69 Å². The van der Waals surface area contributed by atoms with Crippen molar-refractivity contribution in [2.75, 3.05) is 13.1 Å². The summed E-state index contributed by atoms with van der Waals surface area (Å²) in [4.78, 5) is 47.7. The zero-order valence-electron chi connectivity index (χ0n) is 17.5. The number of aromatic nitrogens is 3. The second-order valence-corrected chi connectivity index (χ2v) is 7.85. The first-order chi connectivity index (χ1) is 15.6. The molecule has 9 nitrogen and oxygen atoms in total. The molecular weight excluding hydrogens is 443 g/mol. The Bertz CT molecular complexity index is 980. The molecule has 2 fully saturated rings. The van der Waals surface area contributed by atoms with Crippen molar-refractivity contribution in [1.29, 1.82) is 0 Å². The lowest BCUT2D eigenvalue weighted by Crippen LogP contribution is -2.59. The van der Waals surface area contributed by atoms with Gasteiger partial charge in [0.25, 0.3) is 11.8 Å². The average Bonchev–Trinajstić information content (AvgIpc) is 2.82. The maximum Gasteiger partial charge on any atom is 0.490 e. The molecule has 1 aliphatic carbocycles. The van der Waals surface area contributed by atoms with Crippen LogP contribution in [0.25, 0.3) is 0 Å². The quantitative estimate of drug-likeness (QED) is 0.713. The van der Waals surface area contributed by atoms with Gasteiger partial charge >= 0.3 is 12.1 Å². The molecule has 4 rings (SSSR count). The van der Waals surface area contributed by atoms with Crippen molar-refractivity contribution < 1.29 is 32.7 Å². The second kappa shape index (κ2) is 9.92. The summed E-state index contributed by atoms with van der Waals surface area (Å²) in [5.74, 6) is -2.89. The number of amides is 2. The van der Waals surface area contributed by atoms with Crippen LogP contribution in [-0.4, -0.2) is 68.0 Å². The molecular formula is C21H22F3N5O4. The lowest BCUT2D eigenvalue weighted by Gasteiger charge is -2.54. The highest BCUT2D eigenvalue weighted by atomic mass is 19.4. The van der Waals surface area contributed by atoms with Gasteiger partial charge in [-0.25, -0.2) is 9.78 Å². The summed E-state index contributed by atoms with van der Waals surface area (Å²) in [7, 11) is 0. The highest BCUT2D eigenvalue weighted by Crippen LogP contribution is 2.49. The van der Waals surface area contributed by atoms with Crippen LogP contribution in [0, 0.1) is 5.41 Å². The first-order valence-corrected chi connectivity index (χ1v) is 10.2. The molecule has 1 unspecified atom stereocenters. The predicted octanol–water partition coefficient (Wildman–Crippen LogP) is 2.32. The minimum Gasteiger partial charge on any atom is -0.475 e. The molecule has 2 aromatic heterocycles. The number of carbonyl (C=O) groups excluding carboxylic acids is 2. The zero-order chi connectivity index (χ0) is 24.1. The number of alkyl halides is 3. The van der Waals surface area contributed by atoms with E-state index in [1.54, 1.807) is 30.7 Å². The van der Waals surface area contributed by atoms with Crippen molar-refractivity contribution in [3.05, 3.63) is 54.4 Å². The van der Waals surface area contributed by atoms with Crippen LogP contribution in [0.5, 0.6) is 0 Å². The molecule has 2 N–H and O–H groups in total.